The molecule has 1 aliphatic heterocycles. The van der Waals surface area contributed by atoms with E-state index in [0.29, 0.717) is 35.6 Å². The van der Waals surface area contributed by atoms with Crippen LogP contribution in [-0.4, -0.2) is 47.7 Å². The van der Waals surface area contributed by atoms with Gasteiger partial charge in [0.15, 0.2) is 6.19 Å². The lowest BCUT2D eigenvalue weighted by Crippen LogP contribution is -2.31. The number of aromatic nitrogens is 5. The Bertz CT molecular complexity index is 1560. The molecule has 0 bridgehead atoms. The molecule has 0 aliphatic carbocycles. The fourth-order valence-electron chi connectivity index (χ4n) is 5.21. The van der Waals surface area contributed by atoms with Crippen LogP contribution in [0.25, 0.3) is 16.8 Å². The summed E-state index contributed by atoms with van der Waals surface area (Å²) in [4.78, 5) is 1.77. The van der Waals surface area contributed by atoms with Crippen molar-refractivity contribution in [2.75, 3.05) is 13.1 Å². The Morgan fingerprint density at radius 2 is 1.92 bits per heavy atom. The molecule has 0 amide bonds. The van der Waals surface area contributed by atoms with Crippen molar-refractivity contribution in [1.82, 2.24) is 29.5 Å². The maximum atomic E-state index is 10.7. The van der Waals surface area contributed by atoms with E-state index < -0.39 is 11.7 Å². The van der Waals surface area contributed by atoms with Crippen LogP contribution >= 0.6 is 0 Å². The van der Waals surface area contributed by atoms with Crippen molar-refractivity contribution in [2.45, 2.75) is 58.3 Å². The van der Waals surface area contributed by atoms with Crippen LogP contribution in [0.2, 0.25) is 0 Å². The summed E-state index contributed by atoms with van der Waals surface area (Å²) in [5, 5.41) is 43.0. The van der Waals surface area contributed by atoms with E-state index in [1.807, 2.05) is 55.1 Å². The molecule has 1 saturated heterocycles. The first kappa shape index (κ1) is 25.2. The Labute approximate surface area is 221 Å². The number of pyridine rings is 1. The van der Waals surface area contributed by atoms with Gasteiger partial charge in [0, 0.05) is 24.8 Å². The summed E-state index contributed by atoms with van der Waals surface area (Å²) in [7, 11) is 0. The Morgan fingerprint density at radius 1 is 1.18 bits per heavy atom. The fourth-order valence-corrected chi connectivity index (χ4v) is 5.21. The van der Waals surface area contributed by atoms with E-state index >= 15 is 0 Å². The third-order valence-corrected chi connectivity index (χ3v) is 7.21. The highest BCUT2D eigenvalue weighted by Gasteiger charge is 2.26. The summed E-state index contributed by atoms with van der Waals surface area (Å²) in [5.74, 6) is 0.492. The maximum absolute atomic E-state index is 10.7. The predicted octanol–water partition coefficient (Wildman–Crippen LogP) is 4.26. The lowest BCUT2D eigenvalue weighted by molar-refractivity contribution is 0.0748. The summed E-state index contributed by atoms with van der Waals surface area (Å²) in [5.41, 5.74) is 3.94. The molecule has 4 heterocycles. The monoisotopic (exact) mass is 510 g/mol. The molecule has 0 radical (unpaired) electrons. The number of nitriles is 2. The molecule has 1 aliphatic rings. The van der Waals surface area contributed by atoms with E-state index in [-0.39, 0.29) is 6.04 Å². The van der Waals surface area contributed by atoms with Gasteiger partial charge in [0.25, 0.3) is 0 Å². The van der Waals surface area contributed by atoms with Crippen molar-refractivity contribution < 1.29 is 9.84 Å². The van der Waals surface area contributed by atoms with E-state index in [4.69, 9.17) is 10.00 Å². The van der Waals surface area contributed by atoms with E-state index in [1.165, 1.54) is 6.20 Å². The van der Waals surface area contributed by atoms with Gasteiger partial charge in [-0.25, -0.2) is 9.20 Å². The molecular weight excluding hydrogens is 480 g/mol. The van der Waals surface area contributed by atoms with Gasteiger partial charge in [0.2, 0.25) is 0 Å². The van der Waals surface area contributed by atoms with Crippen molar-refractivity contribution in [3.05, 3.63) is 65.1 Å². The van der Waals surface area contributed by atoms with Gasteiger partial charge in [-0.1, -0.05) is 29.5 Å². The highest BCUT2D eigenvalue weighted by molar-refractivity contribution is 5.74. The summed E-state index contributed by atoms with van der Waals surface area (Å²) in [6.07, 6.45) is 6.81. The van der Waals surface area contributed by atoms with Crippen LogP contribution < -0.4 is 4.74 Å². The van der Waals surface area contributed by atoms with Gasteiger partial charge >= 0.3 is 0 Å². The number of ether oxygens (including phenoxy) is 1. The van der Waals surface area contributed by atoms with Crippen molar-refractivity contribution in [2.24, 2.45) is 0 Å². The van der Waals surface area contributed by atoms with Gasteiger partial charge in [-0.3, -0.25) is 0 Å². The number of hydrogen-bond acceptors (Lipinski definition) is 8. The van der Waals surface area contributed by atoms with Crippen LogP contribution in [0.4, 0.5) is 0 Å². The second-order valence-corrected chi connectivity index (χ2v) is 10.2. The molecule has 3 aromatic heterocycles. The zero-order valence-corrected chi connectivity index (χ0v) is 22.0. The van der Waals surface area contributed by atoms with E-state index in [0.717, 1.165) is 35.2 Å². The molecule has 1 N–H and O–H groups in total. The third kappa shape index (κ3) is 4.55. The number of fused-ring (bicyclic) bond motifs is 1. The minimum Gasteiger partial charge on any atom is -0.484 e. The first-order chi connectivity index (χ1) is 18.2. The van der Waals surface area contributed by atoms with Gasteiger partial charge in [0.05, 0.1) is 23.5 Å². The summed E-state index contributed by atoms with van der Waals surface area (Å²) >= 11 is 0. The van der Waals surface area contributed by atoms with E-state index in [1.54, 1.807) is 23.3 Å². The molecule has 4 aromatic rings. The predicted molar refractivity (Wildman–Crippen MR) is 140 cm³/mol. The number of benzene rings is 1. The molecule has 10 heteroatoms. The minimum atomic E-state index is -1.04. The van der Waals surface area contributed by atoms with Crippen LogP contribution in [0.15, 0.2) is 42.7 Å². The minimum absolute atomic E-state index is 0.175. The highest BCUT2D eigenvalue weighted by Crippen LogP contribution is 2.36. The number of rotatable bonds is 6. The topological polar surface area (TPSA) is 128 Å². The molecule has 1 aromatic carbocycles. The lowest BCUT2D eigenvalue weighted by Gasteiger charge is -2.28. The maximum Gasteiger partial charge on any atom is 0.179 e. The zero-order valence-electron chi connectivity index (χ0n) is 22.0. The molecular formula is C28H30N8O2. The normalized spacial score (nSPS) is 15.3. The smallest absolute Gasteiger partial charge is 0.179 e. The standard InChI is InChI=1S/C28H30N8O2/c1-18-26(32-33-36(18)22-9-11-34(17-30)12-10-22)20-13-25(27-21(14-29)15-31-35(27)16-20)38-19(2)23-7-5-6-8-24(23)28(3,4)37/h5-8,13,15-16,19,22,37H,9-12H2,1-4H3. The average Bonchev–Trinajstić information content (AvgIpc) is 3.51. The zero-order chi connectivity index (χ0) is 27.0. The lowest BCUT2D eigenvalue weighted by atomic mass is 9.91. The first-order valence-electron chi connectivity index (χ1n) is 12.7. The van der Waals surface area contributed by atoms with E-state index in [2.05, 4.69) is 27.7 Å². The number of piperidine rings is 1. The van der Waals surface area contributed by atoms with Crippen LogP contribution in [-0.2, 0) is 5.60 Å². The quantitative estimate of drug-likeness (QED) is 0.381. The van der Waals surface area contributed by atoms with Crippen molar-refractivity contribution in [3.8, 4) is 29.3 Å². The summed E-state index contributed by atoms with van der Waals surface area (Å²) in [6.45, 7) is 8.81. The third-order valence-electron chi connectivity index (χ3n) is 7.21. The Morgan fingerprint density at radius 3 is 2.61 bits per heavy atom. The largest absolute Gasteiger partial charge is 0.484 e. The van der Waals surface area contributed by atoms with Crippen molar-refractivity contribution in [1.29, 1.82) is 10.5 Å². The molecule has 1 unspecified atom stereocenters. The molecule has 10 nitrogen and oxygen atoms in total. The molecule has 1 atom stereocenters. The SMILES string of the molecule is Cc1c(-c2cc(OC(C)c3ccccc3C(C)(C)O)c3c(C#N)cnn3c2)nnn1C1CCN(C#N)CC1. The van der Waals surface area contributed by atoms with Gasteiger partial charge in [-0.05, 0) is 57.7 Å². The van der Waals surface area contributed by atoms with Crippen LogP contribution in [0.3, 0.4) is 0 Å². The number of nitrogens with zero attached hydrogens (tertiary/aromatic N) is 8. The second-order valence-electron chi connectivity index (χ2n) is 10.2. The average molecular weight is 511 g/mol. The van der Waals surface area contributed by atoms with Gasteiger partial charge < -0.3 is 14.7 Å². The molecule has 0 spiro atoms. The molecule has 5 rings (SSSR count). The number of likely N-dealkylation sites (tertiary alicyclic amines) is 1. The highest BCUT2D eigenvalue weighted by atomic mass is 16.5. The van der Waals surface area contributed by atoms with Crippen LogP contribution in [0.5, 0.6) is 5.75 Å². The Balaban J connectivity index is 1.54. The first-order valence-corrected chi connectivity index (χ1v) is 12.7. The molecule has 194 valence electrons. The Kier molecular flexibility index (Phi) is 6.52. The van der Waals surface area contributed by atoms with E-state index in [9.17, 15) is 10.4 Å². The van der Waals surface area contributed by atoms with Crippen LogP contribution in [0, 0.1) is 29.7 Å². The van der Waals surface area contributed by atoms with Gasteiger partial charge in [-0.2, -0.15) is 15.6 Å². The molecule has 1 fully saturated rings. The summed E-state index contributed by atoms with van der Waals surface area (Å²) in [6, 6.07) is 11.9. The summed E-state index contributed by atoms with van der Waals surface area (Å²) < 4.78 is 10.1. The van der Waals surface area contributed by atoms with Crippen molar-refractivity contribution >= 4 is 5.52 Å². The number of aliphatic hydroxyl groups is 1. The van der Waals surface area contributed by atoms with Crippen molar-refractivity contribution in [3.63, 3.8) is 0 Å². The second kappa shape index (κ2) is 9.81. The Hall–Kier alpha value is -4.41. The number of hydrogen-bond donors (Lipinski definition) is 1. The molecule has 0 saturated carbocycles. The molecule has 38 heavy (non-hydrogen) atoms. The fraction of sp³-hybridized carbons (Fsp3) is 0.393. The van der Waals surface area contributed by atoms with Crippen LogP contribution in [0.1, 0.15) is 68.1 Å². The van der Waals surface area contributed by atoms with Gasteiger partial charge in [-0.15, -0.1) is 5.10 Å². The van der Waals surface area contributed by atoms with Gasteiger partial charge in [0.1, 0.15) is 34.7 Å².